The molecular formula is C15H17F2NO5. The predicted octanol–water partition coefficient (Wildman–Crippen LogP) is 1.74. The van der Waals surface area contributed by atoms with Gasteiger partial charge in [-0.2, -0.15) is 0 Å². The van der Waals surface area contributed by atoms with Gasteiger partial charge in [-0.05, 0) is 25.0 Å². The number of rotatable bonds is 7. The highest BCUT2D eigenvalue weighted by Crippen LogP contribution is 2.13. The predicted molar refractivity (Wildman–Crippen MR) is 75.7 cm³/mol. The number of nitrogens with one attached hydrogen (secondary N) is 1. The van der Waals surface area contributed by atoms with E-state index in [1.54, 1.807) is 6.92 Å². The number of carboxylic acid groups (broad SMARTS) is 1. The summed E-state index contributed by atoms with van der Waals surface area (Å²) >= 11 is 0. The first-order valence-corrected chi connectivity index (χ1v) is 6.90. The molecule has 1 rings (SSSR count). The fourth-order valence-electron chi connectivity index (χ4n) is 1.96. The van der Waals surface area contributed by atoms with Crippen molar-refractivity contribution in [1.82, 2.24) is 5.32 Å². The molecule has 0 fully saturated rings. The van der Waals surface area contributed by atoms with Crippen LogP contribution in [0.15, 0.2) is 18.2 Å². The fraction of sp³-hybridized carbons (Fsp3) is 0.400. The highest BCUT2D eigenvalue weighted by Gasteiger charge is 2.29. The van der Waals surface area contributed by atoms with Crippen molar-refractivity contribution in [2.45, 2.75) is 26.3 Å². The summed E-state index contributed by atoms with van der Waals surface area (Å²) < 4.78 is 30.9. The smallest absolute Gasteiger partial charge is 0.326 e. The molecule has 0 aromatic heterocycles. The number of benzene rings is 1. The van der Waals surface area contributed by atoms with Crippen LogP contribution in [0.1, 0.15) is 30.6 Å². The Hall–Kier alpha value is -2.51. The Bertz CT molecular complexity index is 585. The summed E-state index contributed by atoms with van der Waals surface area (Å²) in [7, 11) is 0. The number of halogens is 2. The highest BCUT2D eigenvalue weighted by atomic mass is 19.1. The van der Waals surface area contributed by atoms with Gasteiger partial charge in [0.05, 0.1) is 13.0 Å². The zero-order chi connectivity index (χ0) is 17.6. The van der Waals surface area contributed by atoms with E-state index in [2.05, 4.69) is 5.32 Å². The summed E-state index contributed by atoms with van der Waals surface area (Å²) in [4.78, 5) is 34.6. The first-order chi connectivity index (χ1) is 10.7. The van der Waals surface area contributed by atoms with Crippen molar-refractivity contribution >= 4 is 17.8 Å². The van der Waals surface area contributed by atoms with Gasteiger partial charge in [0, 0.05) is 11.6 Å². The largest absolute Gasteiger partial charge is 0.480 e. The summed E-state index contributed by atoms with van der Waals surface area (Å²) in [5, 5.41) is 11.3. The molecule has 6 nitrogen and oxygen atoms in total. The van der Waals surface area contributed by atoms with E-state index in [1.165, 1.54) is 6.92 Å². The van der Waals surface area contributed by atoms with Crippen LogP contribution in [0.4, 0.5) is 8.78 Å². The minimum atomic E-state index is -1.40. The summed E-state index contributed by atoms with van der Waals surface area (Å²) in [6.07, 6.45) is -0.220. The first-order valence-electron chi connectivity index (χ1n) is 6.90. The van der Waals surface area contributed by atoms with Gasteiger partial charge in [-0.15, -0.1) is 0 Å². The maximum absolute atomic E-state index is 13.1. The molecule has 0 saturated carbocycles. The average Bonchev–Trinajstić information content (AvgIpc) is 2.42. The molecule has 0 aliphatic rings. The third-order valence-corrected chi connectivity index (χ3v) is 3.04. The first kappa shape index (κ1) is 18.5. The molecule has 0 unspecified atom stereocenters. The van der Waals surface area contributed by atoms with Crippen molar-refractivity contribution in [3.8, 4) is 0 Å². The Morgan fingerprint density at radius 1 is 1.22 bits per heavy atom. The van der Waals surface area contributed by atoms with Gasteiger partial charge in [0.2, 0.25) is 0 Å². The minimum absolute atomic E-state index is 0.151. The molecule has 1 aromatic carbocycles. The lowest BCUT2D eigenvalue weighted by Gasteiger charge is -2.20. The topological polar surface area (TPSA) is 92.7 Å². The SMILES string of the molecule is CCOC(=O)C[C@H](C)[C@@H](NC(=O)c1cc(F)cc(F)c1)C(=O)O. The van der Waals surface area contributed by atoms with Gasteiger partial charge in [0.15, 0.2) is 0 Å². The number of carbonyl (C=O) groups is 3. The van der Waals surface area contributed by atoms with Crippen LogP contribution in [0.25, 0.3) is 0 Å². The highest BCUT2D eigenvalue weighted by molar-refractivity contribution is 5.96. The van der Waals surface area contributed by atoms with Crippen molar-refractivity contribution < 1.29 is 33.0 Å². The molecule has 2 atom stereocenters. The normalized spacial score (nSPS) is 13.0. The van der Waals surface area contributed by atoms with E-state index < -0.39 is 41.4 Å². The molecule has 0 radical (unpaired) electrons. The molecule has 0 spiro atoms. The zero-order valence-electron chi connectivity index (χ0n) is 12.6. The average molecular weight is 329 g/mol. The lowest BCUT2D eigenvalue weighted by molar-refractivity contribution is -0.145. The van der Waals surface area contributed by atoms with E-state index in [4.69, 9.17) is 4.74 Å². The number of ether oxygens (including phenoxy) is 1. The van der Waals surface area contributed by atoms with Crippen LogP contribution in [0.3, 0.4) is 0 Å². The van der Waals surface area contributed by atoms with Crippen molar-refractivity contribution in [2.75, 3.05) is 6.61 Å². The minimum Gasteiger partial charge on any atom is -0.480 e. The molecule has 1 aromatic rings. The Balaban J connectivity index is 2.84. The molecular weight excluding hydrogens is 312 g/mol. The van der Waals surface area contributed by atoms with Crippen LogP contribution < -0.4 is 5.32 Å². The van der Waals surface area contributed by atoms with Crippen molar-refractivity contribution in [1.29, 1.82) is 0 Å². The Morgan fingerprint density at radius 2 is 1.78 bits per heavy atom. The molecule has 0 bridgehead atoms. The van der Waals surface area contributed by atoms with Gasteiger partial charge >= 0.3 is 11.9 Å². The molecule has 8 heteroatoms. The molecule has 0 aliphatic carbocycles. The third kappa shape index (κ3) is 5.65. The van der Waals surface area contributed by atoms with Crippen LogP contribution >= 0.6 is 0 Å². The van der Waals surface area contributed by atoms with Crippen molar-refractivity contribution in [2.24, 2.45) is 5.92 Å². The van der Waals surface area contributed by atoms with Gasteiger partial charge < -0.3 is 15.2 Å². The van der Waals surface area contributed by atoms with Gasteiger partial charge in [0.25, 0.3) is 5.91 Å². The van der Waals surface area contributed by atoms with Crippen molar-refractivity contribution in [3.63, 3.8) is 0 Å². The Labute approximate surface area is 131 Å². The maximum Gasteiger partial charge on any atom is 0.326 e. The van der Waals surface area contributed by atoms with E-state index in [0.29, 0.717) is 6.07 Å². The number of hydrogen-bond acceptors (Lipinski definition) is 4. The molecule has 1 amide bonds. The molecule has 0 aliphatic heterocycles. The van der Waals surface area contributed by atoms with Crippen LogP contribution in [0.2, 0.25) is 0 Å². The van der Waals surface area contributed by atoms with Gasteiger partial charge in [0.1, 0.15) is 17.7 Å². The summed E-state index contributed by atoms with van der Waals surface area (Å²) in [6, 6.07) is 0.758. The van der Waals surface area contributed by atoms with E-state index in [-0.39, 0.29) is 18.6 Å². The number of aliphatic carboxylic acids is 1. The molecule has 23 heavy (non-hydrogen) atoms. The molecule has 2 N–H and O–H groups in total. The number of carbonyl (C=O) groups excluding carboxylic acids is 2. The van der Waals surface area contributed by atoms with Gasteiger partial charge in [-0.1, -0.05) is 6.92 Å². The fourth-order valence-corrected chi connectivity index (χ4v) is 1.96. The maximum atomic E-state index is 13.1. The lowest BCUT2D eigenvalue weighted by Crippen LogP contribution is -2.45. The Kier molecular flexibility index (Phi) is 6.62. The second kappa shape index (κ2) is 8.21. The van der Waals surface area contributed by atoms with Crippen LogP contribution in [-0.2, 0) is 14.3 Å². The van der Waals surface area contributed by atoms with E-state index in [0.717, 1.165) is 12.1 Å². The van der Waals surface area contributed by atoms with E-state index in [1.807, 2.05) is 0 Å². The summed E-state index contributed by atoms with van der Waals surface area (Å²) in [6.45, 7) is 3.21. The van der Waals surface area contributed by atoms with E-state index in [9.17, 15) is 28.3 Å². The standard InChI is InChI=1S/C15H17F2NO5/c1-3-23-12(19)4-8(2)13(15(21)22)18-14(20)9-5-10(16)7-11(17)6-9/h5-8,13H,3-4H2,1-2H3,(H,18,20)(H,21,22)/t8-,13+/m0/s1. The Morgan fingerprint density at radius 3 is 2.26 bits per heavy atom. The summed E-state index contributed by atoms with van der Waals surface area (Å²) in [5.74, 6) is -5.60. The van der Waals surface area contributed by atoms with Gasteiger partial charge in [-0.25, -0.2) is 13.6 Å². The zero-order valence-corrected chi connectivity index (χ0v) is 12.6. The number of carboxylic acids is 1. The summed E-state index contributed by atoms with van der Waals surface area (Å²) in [5.41, 5.74) is -0.350. The lowest BCUT2D eigenvalue weighted by atomic mass is 9.98. The molecule has 0 heterocycles. The van der Waals surface area contributed by atoms with Crippen LogP contribution in [0.5, 0.6) is 0 Å². The number of hydrogen-bond donors (Lipinski definition) is 2. The monoisotopic (exact) mass is 329 g/mol. The second-order valence-corrected chi connectivity index (χ2v) is 4.93. The van der Waals surface area contributed by atoms with Crippen molar-refractivity contribution in [3.05, 3.63) is 35.4 Å². The van der Waals surface area contributed by atoms with E-state index >= 15 is 0 Å². The molecule has 0 saturated heterocycles. The molecule has 126 valence electrons. The number of esters is 1. The van der Waals surface area contributed by atoms with Gasteiger partial charge in [-0.3, -0.25) is 9.59 Å². The third-order valence-electron chi connectivity index (χ3n) is 3.04. The number of amides is 1. The quantitative estimate of drug-likeness (QED) is 0.743. The second-order valence-electron chi connectivity index (χ2n) is 4.93. The van der Waals surface area contributed by atoms with Crippen LogP contribution in [0, 0.1) is 17.6 Å². The van der Waals surface area contributed by atoms with Crippen LogP contribution in [-0.4, -0.2) is 35.6 Å².